The molecule has 0 amide bonds. The van der Waals surface area contributed by atoms with Crippen LogP contribution >= 0.6 is 0 Å². The van der Waals surface area contributed by atoms with Crippen molar-refractivity contribution in [1.29, 1.82) is 0 Å². The van der Waals surface area contributed by atoms with Crippen LogP contribution in [-0.4, -0.2) is 29.7 Å². The second kappa shape index (κ2) is 5.19. The normalized spacial score (nSPS) is 22.9. The van der Waals surface area contributed by atoms with Gasteiger partial charge in [-0.05, 0) is 25.8 Å². The molecule has 0 bridgehead atoms. The molecular formula is C11H17N3O. The quantitative estimate of drug-likeness (QED) is 0.805. The summed E-state index contributed by atoms with van der Waals surface area (Å²) >= 11 is 0. The van der Waals surface area contributed by atoms with Crippen molar-refractivity contribution in [3.63, 3.8) is 0 Å². The molecule has 1 aliphatic heterocycles. The van der Waals surface area contributed by atoms with E-state index in [1.807, 2.05) is 6.92 Å². The van der Waals surface area contributed by atoms with E-state index in [4.69, 9.17) is 4.74 Å². The van der Waals surface area contributed by atoms with Crippen LogP contribution in [-0.2, 0) is 4.74 Å². The summed E-state index contributed by atoms with van der Waals surface area (Å²) in [6.07, 6.45) is 6.40. The predicted octanol–water partition coefficient (Wildman–Crippen LogP) is 1.16. The van der Waals surface area contributed by atoms with Crippen molar-refractivity contribution >= 4 is 0 Å². The fourth-order valence-corrected chi connectivity index (χ4v) is 1.74. The van der Waals surface area contributed by atoms with E-state index in [0.717, 1.165) is 25.4 Å². The van der Waals surface area contributed by atoms with Gasteiger partial charge in [0.2, 0.25) is 0 Å². The largest absolute Gasteiger partial charge is 0.372 e. The van der Waals surface area contributed by atoms with Crippen LogP contribution in [0.3, 0.4) is 0 Å². The van der Waals surface area contributed by atoms with Gasteiger partial charge in [-0.3, -0.25) is 9.97 Å². The van der Waals surface area contributed by atoms with E-state index >= 15 is 0 Å². The van der Waals surface area contributed by atoms with Gasteiger partial charge in [-0.25, -0.2) is 0 Å². The minimum atomic E-state index is 0.0410. The monoisotopic (exact) mass is 207 g/mol. The van der Waals surface area contributed by atoms with Crippen molar-refractivity contribution < 1.29 is 4.74 Å². The smallest absolute Gasteiger partial charge is 0.0982 e. The summed E-state index contributed by atoms with van der Waals surface area (Å²) in [6, 6.07) is 0. The second-order valence-corrected chi connectivity index (χ2v) is 3.96. The lowest BCUT2D eigenvalue weighted by atomic mass is 10.1. The molecule has 0 radical (unpaired) electrons. The van der Waals surface area contributed by atoms with Crippen LogP contribution in [0.15, 0.2) is 18.6 Å². The number of aromatic nitrogens is 2. The van der Waals surface area contributed by atoms with Gasteiger partial charge in [-0.1, -0.05) is 0 Å². The lowest BCUT2D eigenvalue weighted by Gasteiger charge is -2.14. The average Bonchev–Trinajstić information content (AvgIpc) is 2.80. The fourth-order valence-electron chi connectivity index (χ4n) is 1.74. The Hall–Kier alpha value is -1.00. The molecule has 2 atom stereocenters. The maximum Gasteiger partial charge on any atom is 0.0982 e. The van der Waals surface area contributed by atoms with Crippen molar-refractivity contribution in [3.05, 3.63) is 24.3 Å². The van der Waals surface area contributed by atoms with E-state index in [0.29, 0.717) is 5.92 Å². The Bertz CT molecular complexity index is 285. The van der Waals surface area contributed by atoms with Gasteiger partial charge in [0.05, 0.1) is 24.6 Å². The van der Waals surface area contributed by atoms with Crippen LogP contribution in [0.1, 0.15) is 25.1 Å². The van der Waals surface area contributed by atoms with E-state index in [1.165, 1.54) is 6.42 Å². The molecule has 2 rings (SSSR count). The highest BCUT2D eigenvalue weighted by Gasteiger charge is 2.16. The molecule has 0 unspecified atom stereocenters. The van der Waals surface area contributed by atoms with Crippen LogP contribution in [0.2, 0.25) is 0 Å². The molecule has 4 nitrogen and oxygen atoms in total. The Balaban J connectivity index is 1.79. The van der Waals surface area contributed by atoms with Gasteiger partial charge in [-0.2, -0.15) is 0 Å². The van der Waals surface area contributed by atoms with Gasteiger partial charge in [0.25, 0.3) is 0 Å². The van der Waals surface area contributed by atoms with Crippen LogP contribution in [0.25, 0.3) is 0 Å². The van der Waals surface area contributed by atoms with Gasteiger partial charge in [0.1, 0.15) is 0 Å². The summed E-state index contributed by atoms with van der Waals surface area (Å²) in [5.41, 5.74) is 0.906. The Labute approximate surface area is 90.1 Å². The molecule has 1 saturated heterocycles. The fraction of sp³-hybridized carbons (Fsp3) is 0.636. The summed E-state index contributed by atoms with van der Waals surface area (Å²) in [4.78, 5) is 8.25. The molecule has 1 N–H and O–H groups in total. The Morgan fingerprint density at radius 3 is 3.20 bits per heavy atom. The Morgan fingerprint density at radius 2 is 2.53 bits per heavy atom. The predicted molar refractivity (Wildman–Crippen MR) is 57.4 cm³/mol. The summed E-state index contributed by atoms with van der Waals surface area (Å²) in [5.74, 6) is 0.657. The number of hydrogen-bond acceptors (Lipinski definition) is 4. The molecule has 0 spiro atoms. The molecule has 1 aromatic rings. The highest BCUT2D eigenvalue weighted by Crippen LogP contribution is 2.16. The zero-order valence-corrected chi connectivity index (χ0v) is 9.02. The minimum absolute atomic E-state index is 0.0410. The van der Waals surface area contributed by atoms with Crippen LogP contribution in [0.5, 0.6) is 0 Å². The molecule has 15 heavy (non-hydrogen) atoms. The highest BCUT2D eigenvalue weighted by atomic mass is 16.5. The third-order valence-electron chi connectivity index (χ3n) is 2.74. The third-order valence-corrected chi connectivity index (χ3v) is 2.74. The van der Waals surface area contributed by atoms with Gasteiger partial charge >= 0.3 is 0 Å². The molecule has 1 fully saturated rings. The van der Waals surface area contributed by atoms with Crippen LogP contribution in [0, 0.1) is 5.92 Å². The van der Waals surface area contributed by atoms with Gasteiger partial charge < -0.3 is 10.1 Å². The number of rotatable bonds is 4. The average molecular weight is 207 g/mol. The van der Waals surface area contributed by atoms with E-state index in [9.17, 15) is 0 Å². The van der Waals surface area contributed by atoms with E-state index in [1.54, 1.807) is 18.6 Å². The Kier molecular flexibility index (Phi) is 3.64. The van der Waals surface area contributed by atoms with Crippen molar-refractivity contribution in [2.24, 2.45) is 5.92 Å². The maximum atomic E-state index is 5.77. The van der Waals surface area contributed by atoms with Crippen molar-refractivity contribution in [1.82, 2.24) is 15.3 Å². The Morgan fingerprint density at radius 1 is 1.60 bits per heavy atom. The SMILES string of the molecule is C[C@@H](OC[C@@H]1CCNC1)c1cnccn1. The zero-order chi connectivity index (χ0) is 10.5. The molecule has 4 heteroatoms. The summed E-state index contributed by atoms with van der Waals surface area (Å²) < 4.78 is 5.77. The first-order chi connectivity index (χ1) is 7.36. The molecule has 1 aliphatic rings. The molecule has 0 saturated carbocycles. The number of nitrogens with one attached hydrogen (secondary N) is 1. The standard InChI is InChI=1S/C11H17N3O/c1-9(11-7-13-4-5-14-11)15-8-10-2-3-12-6-10/h4-5,7,9-10,12H,2-3,6,8H2,1H3/t9-,10-/m1/s1. The molecule has 1 aromatic heterocycles. The maximum absolute atomic E-state index is 5.77. The summed E-state index contributed by atoms with van der Waals surface area (Å²) in [5, 5.41) is 3.33. The van der Waals surface area contributed by atoms with Crippen molar-refractivity contribution in [3.8, 4) is 0 Å². The second-order valence-electron chi connectivity index (χ2n) is 3.96. The lowest BCUT2D eigenvalue weighted by molar-refractivity contribution is 0.0408. The lowest BCUT2D eigenvalue weighted by Crippen LogP contribution is -2.15. The summed E-state index contributed by atoms with van der Waals surface area (Å²) in [7, 11) is 0. The molecule has 82 valence electrons. The number of nitrogens with zero attached hydrogens (tertiary/aromatic N) is 2. The van der Waals surface area contributed by atoms with Crippen LogP contribution in [0.4, 0.5) is 0 Å². The zero-order valence-electron chi connectivity index (χ0n) is 9.02. The highest BCUT2D eigenvalue weighted by molar-refractivity contribution is 4.98. The molecular weight excluding hydrogens is 190 g/mol. The number of ether oxygens (including phenoxy) is 1. The van der Waals surface area contributed by atoms with Crippen molar-refractivity contribution in [2.45, 2.75) is 19.4 Å². The molecule has 0 aromatic carbocycles. The third kappa shape index (κ3) is 2.97. The van der Waals surface area contributed by atoms with Gasteiger partial charge in [0, 0.05) is 18.9 Å². The van der Waals surface area contributed by atoms with Gasteiger partial charge in [-0.15, -0.1) is 0 Å². The summed E-state index contributed by atoms with van der Waals surface area (Å²) in [6.45, 7) is 5.03. The molecule has 0 aliphatic carbocycles. The van der Waals surface area contributed by atoms with Crippen molar-refractivity contribution in [2.75, 3.05) is 19.7 Å². The van der Waals surface area contributed by atoms with E-state index < -0.39 is 0 Å². The number of hydrogen-bond donors (Lipinski definition) is 1. The topological polar surface area (TPSA) is 47.0 Å². The van der Waals surface area contributed by atoms with E-state index in [-0.39, 0.29) is 6.10 Å². The van der Waals surface area contributed by atoms with Crippen LogP contribution < -0.4 is 5.32 Å². The minimum Gasteiger partial charge on any atom is -0.372 e. The molecule has 2 heterocycles. The first kappa shape index (κ1) is 10.5. The van der Waals surface area contributed by atoms with E-state index in [2.05, 4.69) is 15.3 Å². The first-order valence-corrected chi connectivity index (χ1v) is 5.44. The van der Waals surface area contributed by atoms with Gasteiger partial charge in [0.15, 0.2) is 0 Å². The first-order valence-electron chi connectivity index (χ1n) is 5.44.